The highest BCUT2D eigenvalue weighted by molar-refractivity contribution is 7.20. The number of ether oxygens (including phenoxy) is 2. The number of fused-ring (bicyclic) bond motifs is 3. The number of hydrogen-bond acceptors (Lipinski definition) is 10. The number of aromatic nitrogens is 4. The summed E-state index contributed by atoms with van der Waals surface area (Å²) in [7, 11) is 5.14. The summed E-state index contributed by atoms with van der Waals surface area (Å²) in [6.45, 7) is -0.530. The molecule has 10 aromatic rings. The van der Waals surface area contributed by atoms with E-state index in [4.69, 9.17) is 19.4 Å². The van der Waals surface area contributed by atoms with Crippen LogP contribution in [0.15, 0.2) is 146 Å². The Balaban J connectivity index is 1.52. The van der Waals surface area contributed by atoms with Gasteiger partial charge in [0.15, 0.2) is 0 Å². The molecular weight excluding hydrogens is 836 g/mol. The molecule has 0 fully saturated rings. The van der Waals surface area contributed by atoms with Crippen LogP contribution >= 0.6 is 22.7 Å². The molecule has 0 aliphatic heterocycles. The summed E-state index contributed by atoms with van der Waals surface area (Å²) in [6.07, 6.45) is 0. The monoisotopic (exact) mass is 870 g/mol. The molecule has 0 aliphatic carbocycles. The Morgan fingerprint density at radius 2 is 1.02 bits per heavy atom. The minimum atomic E-state index is -0.530. The average Bonchev–Trinajstić information content (AvgIpc) is 4.09. The van der Waals surface area contributed by atoms with Gasteiger partial charge in [-0.05, 0) is 83.9 Å². The van der Waals surface area contributed by atoms with Gasteiger partial charge in [-0.3, -0.25) is 0 Å². The lowest BCUT2D eigenvalue weighted by molar-refractivity contribution is 0.415. The van der Waals surface area contributed by atoms with E-state index in [1.54, 1.807) is 38.5 Å². The number of hydrogen-bond donors (Lipinski definition) is 2. The van der Waals surface area contributed by atoms with Crippen molar-refractivity contribution in [2.45, 2.75) is 0 Å². The van der Waals surface area contributed by atoms with E-state index in [9.17, 15) is 20.7 Å². The molecule has 4 heterocycles. The quantitative estimate of drug-likeness (QED) is 0.139. The lowest BCUT2D eigenvalue weighted by atomic mass is 9.50. The first-order chi connectivity index (χ1) is 31.3. The molecule has 10 nitrogen and oxygen atoms in total. The van der Waals surface area contributed by atoms with Gasteiger partial charge in [-0.2, -0.15) is 10.5 Å². The highest BCUT2D eigenvalue weighted by Gasteiger charge is 2.34. The van der Waals surface area contributed by atoms with Crippen molar-refractivity contribution in [3.8, 4) is 57.7 Å². The Hall–Kier alpha value is -8.10. The standard InChI is InChI=1S/C51H35BN6O4S2/c1-57-46(30-14-18-34(59)19-15-30)44-45(48(57)38(28-53)50-55-40-26-36(61-2)22-24-42(40)63-50)47(31-16-20-35(60)21-17-31)58(52(32-10-6-4-7-11-32)33-12-8-5-9-13-33)49(44)39(29-54)51-56-41-27-37(62-3)23-25-43(41)64-51/h4-27,59-60H,1-3H3/b48-38-,49-39-. The molecule has 0 saturated heterocycles. The van der Waals surface area contributed by atoms with Crippen molar-refractivity contribution in [2.75, 3.05) is 14.2 Å². The lowest BCUT2D eigenvalue weighted by Gasteiger charge is -2.22. The molecule has 0 saturated carbocycles. The largest absolute Gasteiger partial charge is 0.508 e. The molecule has 0 aliphatic rings. The average molecular weight is 871 g/mol. The topological polar surface area (TPSA) is 142 Å². The van der Waals surface area contributed by atoms with E-state index in [2.05, 4.69) is 40.9 Å². The van der Waals surface area contributed by atoms with Crippen molar-refractivity contribution < 1.29 is 19.7 Å². The fourth-order valence-electron chi connectivity index (χ4n) is 8.60. The summed E-state index contributed by atoms with van der Waals surface area (Å²) >= 11 is 2.82. The van der Waals surface area contributed by atoms with Crippen LogP contribution < -0.4 is 31.1 Å². The van der Waals surface area contributed by atoms with Gasteiger partial charge in [0, 0.05) is 35.6 Å². The van der Waals surface area contributed by atoms with Crippen LogP contribution in [0.5, 0.6) is 23.0 Å². The van der Waals surface area contributed by atoms with Crippen molar-refractivity contribution in [2.24, 2.45) is 7.05 Å². The molecule has 64 heavy (non-hydrogen) atoms. The first kappa shape index (κ1) is 40.0. The molecule has 0 unspecified atom stereocenters. The fraction of sp³-hybridized carbons (Fsp3) is 0.0588. The third-order valence-corrected chi connectivity index (χ3v) is 13.5. The van der Waals surface area contributed by atoms with Gasteiger partial charge < -0.3 is 28.7 Å². The molecule has 0 spiro atoms. The number of rotatable bonds is 9. The number of thiazole rings is 2. The van der Waals surface area contributed by atoms with Gasteiger partial charge in [-0.25, -0.2) is 9.97 Å². The van der Waals surface area contributed by atoms with Crippen LogP contribution in [0.25, 0.3) is 64.9 Å². The molecule has 4 aromatic heterocycles. The highest BCUT2D eigenvalue weighted by Crippen LogP contribution is 2.38. The van der Waals surface area contributed by atoms with E-state index in [-0.39, 0.29) is 11.5 Å². The van der Waals surface area contributed by atoms with Crippen LogP contribution in [0, 0.1) is 22.7 Å². The van der Waals surface area contributed by atoms with Gasteiger partial charge in [0.1, 0.15) is 56.3 Å². The van der Waals surface area contributed by atoms with Crippen molar-refractivity contribution in [1.82, 2.24) is 19.0 Å². The zero-order chi connectivity index (χ0) is 44.1. The normalized spacial score (nSPS) is 12.3. The number of nitrogens with zero attached hydrogens (tertiary/aromatic N) is 6. The Bertz CT molecular complexity index is 3600. The van der Waals surface area contributed by atoms with E-state index >= 15 is 0 Å². The Kier molecular flexibility index (Phi) is 10.2. The number of nitriles is 2. The summed E-state index contributed by atoms with van der Waals surface area (Å²) in [5.41, 5.74) is 6.76. The fourth-order valence-corrected chi connectivity index (χ4v) is 10.5. The van der Waals surface area contributed by atoms with Gasteiger partial charge in [-0.15, -0.1) is 22.7 Å². The van der Waals surface area contributed by atoms with Crippen LogP contribution in [-0.4, -0.2) is 50.3 Å². The van der Waals surface area contributed by atoms with Gasteiger partial charge in [0.05, 0.1) is 51.0 Å². The first-order valence-electron chi connectivity index (χ1n) is 20.2. The minimum absolute atomic E-state index is 0.0856. The van der Waals surface area contributed by atoms with Crippen LogP contribution in [0.2, 0.25) is 0 Å². The van der Waals surface area contributed by atoms with Crippen molar-refractivity contribution in [3.63, 3.8) is 0 Å². The first-order valence-corrected chi connectivity index (χ1v) is 21.8. The molecule has 308 valence electrons. The zero-order valence-electron chi connectivity index (χ0n) is 34.6. The SMILES string of the molecule is COc1ccc2sc(/C(C#N)=c3/c4c(-c5ccc(O)cc5)n(B(c5ccccc5)c5ccccc5)/c(=C(/C#N)c5nc6cc(OC)ccc6s5)c4c(-c4ccc(O)cc4)n3C)nc2c1. The summed E-state index contributed by atoms with van der Waals surface area (Å²) in [6, 6.07) is 50.8. The second-order valence-corrected chi connectivity index (χ2v) is 17.1. The second kappa shape index (κ2) is 16.3. The van der Waals surface area contributed by atoms with E-state index in [0.29, 0.717) is 76.6 Å². The summed E-state index contributed by atoms with van der Waals surface area (Å²) in [4.78, 5) is 10.2. The molecule has 10 rings (SSSR count). The Morgan fingerprint density at radius 1 is 0.578 bits per heavy atom. The third-order valence-electron chi connectivity index (χ3n) is 11.4. The van der Waals surface area contributed by atoms with Crippen molar-refractivity contribution >= 4 is 82.8 Å². The zero-order valence-corrected chi connectivity index (χ0v) is 36.3. The van der Waals surface area contributed by atoms with Gasteiger partial charge in [-0.1, -0.05) is 71.6 Å². The lowest BCUT2D eigenvalue weighted by Crippen LogP contribution is -2.53. The maximum Gasteiger partial charge on any atom is 0.328 e. The van der Waals surface area contributed by atoms with E-state index in [0.717, 1.165) is 31.5 Å². The minimum Gasteiger partial charge on any atom is -0.508 e. The number of benzene rings is 6. The maximum atomic E-state index is 11.7. The molecular formula is C51H35BN6O4S2. The molecule has 13 heteroatoms. The van der Waals surface area contributed by atoms with Gasteiger partial charge in [0.25, 0.3) is 0 Å². The second-order valence-electron chi connectivity index (χ2n) is 15.1. The van der Waals surface area contributed by atoms with E-state index in [1.165, 1.54) is 22.7 Å². The Labute approximate surface area is 375 Å². The molecule has 0 radical (unpaired) electrons. The van der Waals surface area contributed by atoms with Crippen LogP contribution in [0.3, 0.4) is 0 Å². The molecule has 2 N–H and O–H groups in total. The van der Waals surface area contributed by atoms with E-state index in [1.807, 2.05) is 109 Å². The summed E-state index contributed by atoms with van der Waals surface area (Å²) < 4.78 is 17.1. The van der Waals surface area contributed by atoms with Gasteiger partial charge in [0.2, 0.25) is 0 Å². The molecule has 0 amide bonds. The number of methoxy groups -OCH3 is 2. The van der Waals surface area contributed by atoms with Crippen molar-refractivity contribution in [1.29, 1.82) is 10.5 Å². The Morgan fingerprint density at radius 3 is 1.47 bits per heavy atom. The maximum absolute atomic E-state index is 11.7. The molecule has 0 atom stereocenters. The number of aromatic hydroxyl groups is 2. The van der Waals surface area contributed by atoms with Crippen LogP contribution in [0.1, 0.15) is 10.0 Å². The molecule has 6 aromatic carbocycles. The molecule has 0 bridgehead atoms. The summed E-state index contributed by atoms with van der Waals surface area (Å²) in [5, 5.41) is 48.0. The summed E-state index contributed by atoms with van der Waals surface area (Å²) in [5.74, 6) is 1.47. The van der Waals surface area contributed by atoms with E-state index < -0.39 is 6.85 Å². The number of phenolic OH excluding ortho intramolecular Hbond substituents is 2. The van der Waals surface area contributed by atoms with Gasteiger partial charge >= 0.3 is 6.85 Å². The highest BCUT2D eigenvalue weighted by atomic mass is 32.1. The van der Waals surface area contributed by atoms with Crippen molar-refractivity contribution in [3.05, 3.63) is 166 Å². The number of phenols is 2. The third kappa shape index (κ3) is 6.71. The van der Waals surface area contributed by atoms with Crippen LogP contribution in [-0.2, 0) is 7.05 Å². The smallest absolute Gasteiger partial charge is 0.328 e. The predicted molar refractivity (Wildman–Crippen MR) is 256 cm³/mol. The van der Waals surface area contributed by atoms with Crippen LogP contribution in [0.4, 0.5) is 0 Å². The predicted octanol–water partition coefficient (Wildman–Crippen LogP) is 8.06.